The van der Waals surface area contributed by atoms with Gasteiger partial charge in [-0.25, -0.2) is 4.98 Å². The molecular weight excluding hydrogens is 284 g/mol. The summed E-state index contributed by atoms with van der Waals surface area (Å²) in [7, 11) is 0. The molecule has 0 saturated heterocycles. The smallest absolute Gasteiger partial charge is 0.145 e. The first-order valence-electron chi connectivity index (χ1n) is 7.11. The largest absolute Gasteiger partial charge is 0.507 e. The van der Waals surface area contributed by atoms with E-state index in [1.807, 2.05) is 0 Å². The Morgan fingerprint density at radius 2 is 2.00 bits per heavy atom. The number of nitrogens with zero attached hydrogens (tertiary/aromatic N) is 2. The van der Waals surface area contributed by atoms with Gasteiger partial charge in [0.15, 0.2) is 0 Å². The Morgan fingerprint density at radius 1 is 1.19 bits per heavy atom. The molecule has 1 aromatic heterocycles. The monoisotopic (exact) mass is 298 g/mol. The van der Waals surface area contributed by atoms with Crippen LogP contribution in [-0.4, -0.2) is 14.7 Å². The highest BCUT2D eigenvalue weighted by molar-refractivity contribution is 6.30. The van der Waals surface area contributed by atoms with Crippen LogP contribution in [0, 0.1) is 6.92 Å². The second-order valence-corrected chi connectivity index (χ2v) is 6.13. The van der Waals surface area contributed by atoms with E-state index in [4.69, 9.17) is 16.6 Å². The van der Waals surface area contributed by atoms with Crippen LogP contribution in [-0.2, 0) is 0 Å². The molecule has 1 aliphatic carbocycles. The lowest BCUT2D eigenvalue weighted by atomic mass is 10.2. The zero-order valence-electron chi connectivity index (χ0n) is 11.7. The first-order chi connectivity index (χ1) is 10.1. The molecule has 3 aromatic rings. The first-order valence-corrected chi connectivity index (χ1v) is 7.49. The molecule has 0 atom stereocenters. The third-order valence-corrected chi connectivity index (χ3v) is 4.19. The number of aromatic hydroxyl groups is 1. The summed E-state index contributed by atoms with van der Waals surface area (Å²) >= 11 is 6.09. The highest BCUT2D eigenvalue weighted by Gasteiger charge is 2.29. The molecule has 1 fully saturated rings. The Kier molecular flexibility index (Phi) is 2.73. The Balaban J connectivity index is 2.03. The van der Waals surface area contributed by atoms with Crippen molar-refractivity contribution in [3.63, 3.8) is 0 Å². The van der Waals surface area contributed by atoms with Gasteiger partial charge >= 0.3 is 0 Å². The fourth-order valence-corrected chi connectivity index (χ4v) is 2.96. The molecule has 0 spiro atoms. The van der Waals surface area contributed by atoms with Crippen LogP contribution in [0.15, 0.2) is 36.4 Å². The van der Waals surface area contributed by atoms with E-state index in [1.165, 1.54) is 5.56 Å². The minimum absolute atomic E-state index is 0.216. The number of rotatable bonds is 2. The zero-order valence-corrected chi connectivity index (χ0v) is 12.4. The second-order valence-electron chi connectivity index (χ2n) is 5.69. The number of phenolic OH excluding ortho intramolecular Hbond substituents is 1. The number of aryl methyl sites for hydroxylation is 1. The molecule has 106 valence electrons. The molecule has 4 rings (SSSR count). The van der Waals surface area contributed by atoms with Gasteiger partial charge in [0.25, 0.3) is 0 Å². The summed E-state index contributed by atoms with van der Waals surface area (Å²) in [4.78, 5) is 4.75. The van der Waals surface area contributed by atoms with E-state index in [0.717, 1.165) is 29.7 Å². The van der Waals surface area contributed by atoms with Gasteiger partial charge in [-0.3, -0.25) is 0 Å². The quantitative estimate of drug-likeness (QED) is 0.744. The SMILES string of the molecule is Cc1ccc2c(c1)nc(-c1cc(Cl)ccc1O)n2C1CC1. The maximum Gasteiger partial charge on any atom is 0.145 e. The van der Waals surface area contributed by atoms with Crippen LogP contribution in [0.4, 0.5) is 0 Å². The molecule has 2 aromatic carbocycles. The van der Waals surface area contributed by atoms with Crippen molar-refractivity contribution in [2.45, 2.75) is 25.8 Å². The summed E-state index contributed by atoms with van der Waals surface area (Å²) in [5.41, 5.74) is 3.97. The van der Waals surface area contributed by atoms with Crippen molar-refractivity contribution in [3.8, 4) is 17.1 Å². The molecular formula is C17H15ClN2O. The van der Waals surface area contributed by atoms with E-state index in [9.17, 15) is 5.11 Å². The van der Waals surface area contributed by atoms with Crippen molar-refractivity contribution in [2.75, 3.05) is 0 Å². The van der Waals surface area contributed by atoms with Gasteiger partial charge in [0.2, 0.25) is 0 Å². The van der Waals surface area contributed by atoms with Crippen LogP contribution >= 0.6 is 11.6 Å². The molecule has 21 heavy (non-hydrogen) atoms. The summed E-state index contributed by atoms with van der Waals surface area (Å²) in [5, 5.41) is 10.8. The second kappa shape index (κ2) is 4.50. The summed E-state index contributed by atoms with van der Waals surface area (Å²) in [6, 6.07) is 11.9. The van der Waals surface area contributed by atoms with Crippen LogP contribution in [0.2, 0.25) is 5.02 Å². The topological polar surface area (TPSA) is 38.1 Å². The molecule has 0 bridgehead atoms. The number of aromatic nitrogens is 2. The van der Waals surface area contributed by atoms with Crippen molar-refractivity contribution >= 4 is 22.6 Å². The molecule has 4 heteroatoms. The van der Waals surface area contributed by atoms with Crippen molar-refractivity contribution in [2.24, 2.45) is 0 Å². The summed E-state index contributed by atoms with van der Waals surface area (Å²) < 4.78 is 2.24. The average molecular weight is 299 g/mol. The number of imidazole rings is 1. The van der Waals surface area contributed by atoms with E-state index in [2.05, 4.69) is 29.7 Å². The van der Waals surface area contributed by atoms with Gasteiger partial charge in [0, 0.05) is 11.1 Å². The Hall–Kier alpha value is -2.00. The number of halogens is 1. The number of hydrogen-bond donors (Lipinski definition) is 1. The zero-order chi connectivity index (χ0) is 14.6. The van der Waals surface area contributed by atoms with E-state index >= 15 is 0 Å². The van der Waals surface area contributed by atoms with Gasteiger partial charge in [0.05, 0.1) is 16.6 Å². The Bertz CT molecular complexity index is 849. The first kappa shape index (κ1) is 12.7. The normalized spacial score (nSPS) is 14.8. The molecule has 0 aliphatic heterocycles. The van der Waals surface area contributed by atoms with E-state index in [-0.39, 0.29) is 5.75 Å². The predicted molar refractivity (Wildman–Crippen MR) is 84.9 cm³/mol. The van der Waals surface area contributed by atoms with Crippen LogP contribution < -0.4 is 0 Å². The standard InChI is InChI=1S/C17H15ClN2O/c1-10-2-6-15-14(8-10)19-17(20(15)12-4-5-12)13-9-11(18)3-7-16(13)21/h2-3,6-9,12,21H,4-5H2,1H3. The Morgan fingerprint density at radius 3 is 2.76 bits per heavy atom. The fraction of sp³-hybridized carbons (Fsp3) is 0.235. The van der Waals surface area contributed by atoms with Crippen LogP contribution in [0.1, 0.15) is 24.4 Å². The van der Waals surface area contributed by atoms with Gasteiger partial charge in [-0.05, 0) is 55.7 Å². The molecule has 0 amide bonds. The summed E-state index contributed by atoms with van der Waals surface area (Å²) in [5.74, 6) is 1.02. The average Bonchev–Trinajstić information content (AvgIpc) is 3.22. The number of benzene rings is 2. The number of hydrogen-bond acceptors (Lipinski definition) is 2. The molecule has 1 N–H and O–H groups in total. The molecule has 1 saturated carbocycles. The summed E-state index contributed by atoms with van der Waals surface area (Å²) in [6.45, 7) is 2.06. The van der Waals surface area contributed by atoms with Crippen LogP contribution in [0.5, 0.6) is 5.75 Å². The van der Waals surface area contributed by atoms with Crippen molar-refractivity contribution < 1.29 is 5.11 Å². The fourth-order valence-electron chi connectivity index (χ4n) is 2.79. The van der Waals surface area contributed by atoms with Gasteiger partial charge < -0.3 is 9.67 Å². The van der Waals surface area contributed by atoms with Gasteiger partial charge in [-0.2, -0.15) is 0 Å². The molecule has 1 aliphatic rings. The maximum atomic E-state index is 10.2. The van der Waals surface area contributed by atoms with Crippen molar-refractivity contribution in [3.05, 3.63) is 47.0 Å². The van der Waals surface area contributed by atoms with E-state index in [1.54, 1.807) is 18.2 Å². The third kappa shape index (κ3) is 2.09. The van der Waals surface area contributed by atoms with Crippen molar-refractivity contribution in [1.29, 1.82) is 0 Å². The highest BCUT2D eigenvalue weighted by atomic mass is 35.5. The lowest BCUT2D eigenvalue weighted by molar-refractivity contribution is 0.476. The minimum atomic E-state index is 0.216. The Labute approximate surface area is 127 Å². The molecule has 0 radical (unpaired) electrons. The lowest BCUT2D eigenvalue weighted by Crippen LogP contribution is -1.97. The van der Waals surface area contributed by atoms with Gasteiger partial charge in [-0.15, -0.1) is 0 Å². The van der Waals surface area contributed by atoms with Crippen LogP contribution in [0.25, 0.3) is 22.4 Å². The van der Waals surface area contributed by atoms with E-state index in [0.29, 0.717) is 16.6 Å². The lowest BCUT2D eigenvalue weighted by Gasteiger charge is -2.09. The molecule has 1 heterocycles. The van der Waals surface area contributed by atoms with Crippen LogP contribution in [0.3, 0.4) is 0 Å². The number of fused-ring (bicyclic) bond motifs is 1. The maximum absolute atomic E-state index is 10.2. The third-order valence-electron chi connectivity index (χ3n) is 3.96. The van der Waals surface area contributed by atoms with Gasteiger partial charge in [0.1, 0.15) is 11.6 Å². The highest BCUT2D eigenvalue weighted by Crippen LogP contribution is 2.43. The van der Waals surface area contributed by atoms with E-state index < -0.39 is 0 Å². The molecule has 0 unspecified atom stereocenters. The number of phenols is 1. The van der Waals surface area contributed by atoms with Gasteiger partial charge in [-0.1, -0.05) is 17.7 Å². The molecule has 3 nitrogen and oxygen atoms in total. The minimum Gasteiger partial charge on any atom is -0.507 e. The summed E-state index contributed by atoms with van der Waals surface area (Å²) in [6.07, 6.45) is 2.32. The van der Waals surface area contributed by atoms with Crippen molar-refractivity contribution in [1.82, 2.24) is 9.55 Å². The predicted octanol–water partition coefficient (Wildman–Crippen LogP) is 4.71.